The highest BCUT2D eigenvalue weighted by Crippen LogP contribution is 2.21. The number of nitrogens with one attached hydrogen (secondary N) is 1. The maximum atomic E-state index is 12.4. The van der Waals surface area contributed by atoms with E-state index in [4.69, 9.17) is 0 Å². The highest BCUT2D eigenvalue weighted by Gasteiger charge is 2.26. The molecule has 2 amide bonds. The van der Waals surface area contributed by atoms with E-state index < -0.39 is 0 Å². The van der Waals surface area contributed by atoms with E-state index in [1.165, 1.54) is 24.8 Å². The van der Waals surface area contributed by atoms with Crippen LogP contribution < -0.4 is 5.32 Å². The van der Waals surface area contributed by atoms with Gasteiger partial charge in [-0.3, -0.25) is 14.5 Å². The molecule has 5 heteroatoms. The fourth-order valence-corrected chi connectivity index (χ4v) is 4.09. The first-order valence-electron chi connectivity index (χ1n) is 9.75. The van der Waals surface area contributed by atoms with Crippen molar-refractivity contribution in [2.75, 3.05) is 32.7 Å². The average Bonchev–Trinajstić information content (AvgIpc) is 2.67. The van der Waals surface area contributed by atoms with Gasteiger partial charge in [0.05, 0.1) is 0 Å². The second-order valence-electron chi connectivity index (χ2n) is 7.53. The van der Waals surface area contributed by atoms with Crippen LogP contribution in [0.15, 0.2) is 23.8 Å². The highest BCUT2D eigenvalue weighted by molar-refractivity contribution is 5.79. The molecule has 0 spiro atoms. The normalized spacial score (nSPS) is 25.6. The molecular weight excluding hydrogens is 314 g/mol. The van der Waals surface area contributed by atoms with Crippen LogP contribution in [0.5, 0.6) is 0 Å². The van der Waals surface area contributed by atoms with Crippen molar-refractivity contribution in [2.24, 2.45) is 5.92 Å². The Balaban J connectivity index is 1.39. The minimum atomic E-state index is 0.0589. The van der Waals surface area contributed by atoms with Crippen molar-refractivity contribution in [2.45, 2.75) is 51.5 Å². The van der Waals surface area contributed by atoms with E-state index in [2.05, 4.69) is 28.4 Å². The summed E-state index contributed by atoms with van der Waals surface area (Å²) < 4.78 is 0. The van der Waals surface area contributed by atoms with E-state index in [9.17, 15) is 9.59 Å². The zero-order valence-electron chi connectivity index (χ0n) is 15.4. The van der Waals surface area contributed by atoms with Crippen molar-refractivity contribution >= 4 is 11.8 Å². The molecule has 1 saturated heterocycles. The van der Waals surface area contributed by atoms with E-state index in [0.717, 1.165) is 32.4 Å². The lowest BCUT2D eigenvalue weighted by atomic mass is 9.95. The van der Waals surface area contributed by atoms with E-state index in [0.29, 0.717) is 25.7 Å². The zero-order valence-corrected chi connectivity index (χ0v) is 15.4. The Morgan fingerprint density at radius 1 is 1.20 bits per heavy atom. The van der Waals surface area contributed by atoms with Gasteiger partial charge in [0, 0.05) is 51.6 Å². The Kier molecular flexibility index (Phi) is 6.29. The number of hydrogen-bond acceptors (Lipinski definition) is 3. The van der Waals surface area contributed by atoms with Gasteiger partial charge in [0.25, 0.3) is 0 Å². The molecule has 1 aliphatic carbocycles. The SMILES string of the molecule is CC(=O)N1CCC(C(=O)NCC2=CCN(C3C=CCCC3)CC2)CC1. The van der Waals surface area contributed by atoms with Crippen LogP contribution in [-0.2, 0) is 9.59 Å². The summed E-state index contributed by atoms with van der Waals surface area (Å²) in [5.41, 5.74) is 1.35. The molecule has 3 aliphatic rings. The lowest BCUT2D eigenvalue weighted by Gasteiger charge is -2.34. The Hall–Kier alpha value is -1.62. The highest BCUT2D eigenvalue weighted by atomic mass is 16.2. The first-order chi connectivity index (χ1) is 12.1. The van der Waals surface area contributed by atoms with Crippen molar-refractivity contribution in [1.82, 2.24) is 15.1 Å². The molecule has 0 radical (unpaired) electrons. The predicted octanol–water partition coefficient (Wildman–Crippen LogP) is 2.10. The molecule has 0 saturated carbocycles. The summed E-state index contributed by atoms with van der Waals surface area (Å²) in [6.45, 7) is 5.79. The Morgan fingerprint density at radius 2 is 2.00 bits per heavy atom. The third kappa shape index (κ3) is 4.94. The molecule has 5 nitrogen and oxygen atoms in total. The van der Waals surface area contributed by atoms with Crippen molar-refractivity contribution < 1.29 is 9.59 Å². The van der Waals surface area contributed by atoms with Crippen LogP contribution in [0.3, 0.4) is 0 Å². The van der Waals surface area contributed by atoms with Crippen LogP contribution in [0.1, 0.15) is 45.4 Å². The lowest BCUT2D eigenvalue weighted by Crippen LogP contribution is -2.43. The van der Waals surface area contributed by atoms with Gasteiger partial charge in [-0.2, -0.15) is 0 Å². The predicted molar refractivity (Wildman–Crippen MR) is 99.0 cm³/mol. The molecule has 138 valence electrons. The smallest absolute Gasteiger partial charge is 0.223 e. The van der Waals surface area contributed by atoms with Gasteiger partial charge in [-0.15, -0.1) is 0 Å². The molecule has 0 aromatic carbocycles. The Labute approximate surface area is 151 Å². The number of allylic oxidation sites excluding steroid dienone is 1. The maximum Gasteiger partial charge on any atom is 0.223 e. The molecule has 25 heavy (non-hydrogen) atoms. The number of carbonyl (C=O) groups excluding carboxylic acids is 2. The van der Waals surface area contributed by atoms with Gasteiger partial charge in [-0.05, 0) is 38.5 Å². The summed E-state index contributed by atoms with van der Waals surface area (Å²) in [5, 5.41) is 3.12. The topological polar surface area (TPSA) is 52.7 Å². The first kappa shape index (κ1) is 18.2. The van der Waals surface area contributed by atoms with Crippen LogP contribution in [0.25, 0.3) is 0 Å². The van der Waals surface area contributed by atoms with Crippen molar-refractivity contribution in [3.63, 3.8) is 0 Å². The van der Waals surface area contributed by atoms with Gasteiger partial charge < -0.3 is 10.2 Å². The maximum absolute atomic E-state index is 12.4. The van der Waals surface area contributed by atoms with E-state index >= 15 is 0 Å². The van der Waals surface area contributed by atoms with Crippen LogP contribution in [0.2, 0.25) is 0 Å². The third-order valence-electron chi connectivity index (χ3n) is 5.83. The number of likely N-dealkylation sites (tertiary alicyclic amines) is 1. The Bertz CT molecular complexity index is 547. The van der Waals surface area contributed by atoms with Crippen LogP contribution in [-0.4, -0.2) is 60.4 Å². The first-order valence-corrected chi connectivity index (χ1v) is 9.75. The zero-order chi connectivity index (χ0) is 17.6. The lowest BCUT2D eigenvalue weighted by molar-refractivity contribution is -0.133. The standard InChI is InChI=1S/C20H31N3O2/c1-16(24)22-13-9-18(10-14-22)20(25)21-15-17-7-11-23(12-8-17)19-5-3-2-4-6-19/h3,5,7,18-19H,2,4,6,8-15H2,1H3,(H,21,25). The monoisotopic (exact) mass is 345 g/mol. The number of rotatable bonds is 4. The second-order valence-corrected chi connectivity index (χ2v) is 7.53. The summed E-state index contributed by atoms with van der Waals surface area (Å²) in [6, 6.07) is 0.604. The third-order valence-corrected chi connectivity index (χ3v) is 5.83. The van der Waals surface area contributed by atoms with E-state index in [1.807, 2.05) is 4.90 Å². The van der Waals surface area contributed by atoms with Gasteiger partial charge >= 0.3 is 0 Å². The Morgan fingerprint density at radius 3 is 2.60 bits per heavy atom. The summed E-state index contributed by atoms with van der Waals surface area (Å²) in [4.78, 5) is 28.1. The van der Waals surface area contributed by atoms with Crippen molar-refractivity contribution in [3.8, 4) is 0 Å². The molecule has 0 aromatic rings. The average molecular weight is 345 g/mol. The molecule has 2 heterocycles. The molecule has 0 bridgehead atoms. The minimum absolute atomic E-state index is 0.0589. The minimum Gasteiger partial charge on any atom is -0.352 e. The van der Waals surface area contributed by atoms with Gasteiger partial charge in [0.1, 0.15) is 0 Å². The number of hydrogen-bond donors (Lipinski definition) is 1. The van der Waals surface area contributed by atoms with E-state index in [-0.39, 0.29) is 17.7 Å². The summed E-state index contributed by atoms with van der Waals surface area (Å²) >= 11 is 0. The van der Waals surface area contributed by atoms with Crippen LogP contribution in [0.4, 0.5) is 0 Å². The quantitative estimate of drug-likeness (QED) is 0.794. The molecule has 0 aromatic heterocycles. The summed E-state index contributed by atoms with van der Waals surface area (Å²) in [5.74, 6) is 0.328. The van der Waals surface area contributed by atoms with Gasteiger partial charge in [-0.25, -0.2) is 0 Å². The number of carbonyl (C=O) groups is 2. The second kappa shape index (κ2) is 8.65. The molecule has 1 atom stereocenters. The summed E-state index contributed by atoms with van der Waals surface area (Å²) in [6.07, 6.45) is 13.4. The molecule has 2 aliphatic heterocycles. The number of amides is 2. The fourth-order valence-electron chi connectivity index (χ4n) is 4.09. The molecule has 3 rings (SSSR count). The van der Waals surface area contributed by atoms with Gasteiger partial charge in [0.2, 0.25) is 11.8 Å². The van der Waals surface area contributed by atoms with E-state index in [1.54, 1.807) is 6.92 Å². The molecular formula is C20H31N3O2. The van der Waals surface area contributed by atoms with Gasteiger partial charge in [-0.1, -0.05) is 23.8 Å². The molecule has 1 N–H and O–H groups in total. The largest absolute Gasteiger partial charge is 0.352 e. The van der Waals surface area contributed by atoms with Crippen LogP contribution in [0, 0.1) is 5.92 Å². The van der Waals surface area contributed by atoms with Gasteiger partial charge in [0.15, 0.2) is 0 Å². The fraction of sp³-hybridized carbons (Fsp3) is 0.700. The number of piperidine rings is 1. The summed E-state index contributed by atoms with van der Waals surface area (Å²) in [7, 11) is 0. The van der Waals surface area contributed by atoms with Crippen molar-refractivity contribution in [3.05, 3.63) is 23.8 Å². The molecule has 1 unspecified atom stereocenters. The number of nitrogens with zero attached hydrogens (tertiary/aromatic N) is 2. The van der Waals surface area contributed by atoms with Crippen LogP contribution >= 0.6 is 0 Å². The van der Waals surface area contributed by atoms with Crippen molar-refractivity contribution in [1.29, 1.82) is 0 Å². The molecule has 1 fully saturated rings.